The van der Waals surface area contributed by atoms with E-state index >= 15 is 0 Å². The fourth-order valence-electron chi connectivity index (χ4n) is 1.26. The normalized spacial score (nSPS) is 10.1. The Morgan fingerprint density at radius 2 is 1.89 bits per heavy atom. The Morgan fingerprint density at radius 3 is 2.44 bits per heavy atom. The molecular formula is C13H16O4S. The van der Waals surface area contributed by atoms with Crippen molar-refractivity contribution >= 4 is 23.5 Å². The highest BCUT2D eigenvalue weighted by atomic mass is 32.2. The van der Waals surface area contributed by atoms with Crippen LogP contribution in [-0.2, 0) is 14.3 Å². The van der Waals surface area contributed by atoms with Crippen LogP contribution in [0.2, 0.25) is 0 Å². The van der Waals surface area contributed by atoms with Crippen molar-refractivity contribution in [1.29, 1.82) is 0 Å². The van der Waals surface area contributed by atoms with E-state index in [-0.39, 0.29) is 6.61 Å². The van der Waals surface area contributed by atoms with Gasteiger partial charge in [0.1, 0.15) is 0 Å². The van der Waals surface area contributed by atoms with Crippen molar-refractivity contribution in [3.8, 4) is 0 Å². The van der Waals surface area contributed by atoms with Crippen molar-refractivity contribution in [2.45, 2.75) is 11.8 Å². The van der Waals surface area contributed by atoms with Gasteiger partial charge in [-0.3, -0.25) is 4.79 Å². The second kappa shape index (κ2) is 7.89. The van der Waals surface area contributed by atoms with Gasteiger partial charge in [0.25, 0.3) is 5.78 Å². The Morgan fingerprint density at radius 1 is 1.22 bits per heavy atom. The Balaban J connectivity index is 2.59. The average Bonchev–Trinajstić information content (AvgIpc) is 2.39. The molecule has 0 radical (unpaired) electrons. The molecule has 0 unspecified atom stereocenters. The van der Waals surface area contributed by atoms with Crippen LogP contribution in [0.4, 0.5) is 0 Å². The molecule has 0 heterocycles. The van der Waals surface area contributed by atoms with Gasteiger partial charge in [0.2, 0.25) is 0 Å². The van der Waals surface area contributed by atoms with Crippen LogP contribution < -0.4 is 0 Å². The molecule has 1 aromatic carbocycles. The summed E-state index contributed by atoms with van der Waals surface area (Å²) in [6.45, 7) is 2.55. The Labute approximate surface area is 111 Å². The Hall–Kier alpha value is -1.33. The van der Waals surface area contributed by atoms with Crippen molar-refractivity contribution < 1.29 is 19.1 Å². The van der Waals surface area contributed by atoms with E-state index in [0.717, 1.165) is 10.6 Å². The lowest BCUT2D eigenvalue weighted by Crippen LogP contribution is -2.17. The van der Waals surface area contributed by atoms with E-state index in [2.05, 4.69) is 4.74 Å². The molecule has 5 heteroatoms. The third-order valence-corrected chi connectivity index (χ3v) is 3.11. The monoisotopic (exact) mass is 268 g/mol. The SMILES string of the molecule is CCOC(=O)C(=O)c1ccc(SCCOC)cc1. The third kappa shape index (κ3) is 4.50. The molecule has 0 aliphatic carbocycles. The predicted octanol–water partition coefficient (Wildman–Crippen LogP) is 2.17. The zero-order chi connectivity index (χ0) is 13.4. The van der Waals surface area contributed by atoms with Gasteiger partial charge >= 0.3 is 5.97 Å². The van der Waals surface area contributed by atoms with Gasteiger partial charge in [0.15, 0.2) is 0 Å². The molecule has 0 aliphatic rings. The fraction of sp³-hybridized carbons (Fsp3) is 0.385. The van der Waals surface area contributed by atoms with E-state index in [1.807, 2.05) is 12.1 Å². The third-order valence-electron chi connectivity index (χ3n) is 2.13. The van der Waals surface area contributed by atoms with Gasteiger partial charge in [-0.25, -0.2) is 4.79 Å². The first kappa shape index (κ1) is 14.7. The lowest BCUT2D eigenvalue weighted by Gasteiger charge is -2.03. The van der Waals surface area contributed by atoms with E-state index in [1.165, 1.54) is 0 Å². The van der Waals surface area contributed by atoms with Gasteiger partial charge in [-0.2, -0.15) is 0 Å². The maximum Gasteiger partial charge on any atom is 0.379 e. The van der Waals surface area contributed by atoms with Crippen LogP contribution in [0.15, 0.2) is 29.2 Å². The number of esters is 1. The topological polar surface area (TPSA) is 52.6 Å². The molecule has 98 valence electrons. The minimum atomic E-state index is -0.808. The number of methoxy groups -OCH3 is 1. The van der Waals surface area contributed by atoms with Crippen LogP contribution in [0.1, 0.15) is 17.3 Å². The van der Waals surface area contributed by atoms with Gasteiger partial charge in [-0.05, 0) is 31.2 Å². The molecule has 0 atom stereocenters. The van der Waals surface area contributed by atoms with Crippen LogP contribution in [0.25, 0.3) is 0 Å². The number of hydrogen-bond acceptors (Lipinski definition) is 5. The molecule has 0 saturated heterocycles. The minimum absolute atomic E-state index is 0.204. The van der Waals surface area contributed by atoms with Crippen molar-refractivity contribution in [3.05, 3.63) is 29.8 Å². The molecule has 1 aromatic rings. The first-order valence-electron chi connectivity index (χ1n) is 5.62. The average molecular weight is 268 g/mol. The largest absolute Gasteiger partial charge is 0.460 e. The predicted molar refractivity (Wildman–Crippen MR) is 70.0 cm³/mol. The van der Waals surface area contributed by atoms with Gasteiger partial charge in [0, 0.05) is 23.3 Å². The molecule has 0 amide bonds. The number of carbonyl (C=O) groups excluding carboxylic acids is 2. The maximum absolute atomic E-state index is 11.6. The highest BCUT2D eigenvalue weighted by molar-refractivity contribution is 7.99. The molecule has 0 aromatic heterocycles. The number of benzene rings is 1. The summed E-state index contributed by atoms with van der Waals surface area (Å²) in [5, 5.41) is 0. The van der Waals surface area contributed by atoms with Crippen LogP contribution in [0.5, 0.6) is 0 Å². The number of hydrogen-bond donors (Lipinski definition) is 0. The van der Waals surface area contributed by atoms with E-state index in [0.29, 0.717) is 12.2 Å². The van der Waals surface area contributed by atoms with Crippen molar-refractivity contribution in [2.75, 3.05) is 26.1 Å². The Kier molecular flexibility index (Phi) is 6.46. The van der Waals surface area contributed by atoms with E-state index in [4.69, 9.17) is 4.74 Å². The number of ketones is 1. The molecule has 18 heavy (non-hydrogen) atoms. The van der Waals surface area contributed by atoms with E-state index < -0.39 is 11.8 Å². The number of carbonyl (C=O) groups is 2. The van der Waals surface area contributed by atoms with Gasteiger partial charge in [-0.1, -0.05) is 0 Å². The number of Topliss-reactive ketones (excluding diaryl/α,β-unsaturated/α-hetero) is 1. The summed E-state index contributed by atoms with van der Waals surface area (Å²) in [6, 6.07) is 6.89. The number of thioether (sulfide) groups is 1. The molecule has 0 bridgehead atoms. The smallest absolute Gasteiger partial charge is 0.379 e. The molecular weight excluding hydrogens is 252 g/mol. The first-order valence-corrected chi connectivity index (χ1v) is 6.60. The zero-order valence-corrected chi connectivity index (χ0v) is 11.3. The molecule has 0 saturated carbocycles. The number of ether oxygens (including phenoxy) is 2. The lowest BCUT2D eigenvalue weighted by atomic mass is 10.1. The van der Waals surface area contributed by atoms with Gasteiger partial charge in [0.05, 0.1) is 13.2 Å². The van der Waals surface area contributed by atoms with Crippen LogP contribution in [0.3, 0.4) is 0 Å². The molecule has 1 rings (SSSR count). The summed E-state index contributed by atoms with van der Waals surface area (Å²) in [5.74, 6) is -0.565. The molecule has 0 spiro atoms. The summed E-state index contributed by atoms with van der Waals surface area (Å²) < 4.78 is 9.61. The maximum atomic E-state index is 11.6. The molecule has 4 nitrogen and oxygen atoms in total. The second-order valence-electron chi connectivity index (χ2n) is 3.42. The summed E-state index contributed by atoms with van der Waals surface area (Å²) >= 11 is 1.63. The lowest BCUT2D eigenvalue weighted by molar-refractivity contribution is -0.137. The van der Waals surface area contributed by atoms with Crippen molar-refractivity contribution in [3.63, 3.8) is 0 Å². The van der Waals surface area contributed by atoms with Crippen LogP contribution in [0, 0.1) is 0 Å². The van der Waals surface area contributed by atoms with Crippen molar-refractivity contribution in [2.24, 2.45) is 0 Å². The molecule has 0 N–H and O–H groups in total. The second-order valence-corrected chi connectivity index (χ2v) is 4.58. The highest BCUT2D eigenvalue weighted by Gasteiger charge is 2.16. The minimum Gasteiger partial charge on any atom is -0.460 e. The van der Waals surface area contributed by atoms with Gasteiger partial charge in [-0.15, -0.1) is 11.8 Å². The highest BCUT2D eigenvalue weighted by Crippen LogP contribution is 2.18. The van der Waals surface area contributed by atoms with E-state index in [9.17, 15) is 9.59 Å². The standard InChI is InChI=1S/C13H16O4S/c1-3-17-13(15)12(14)10-4-6-11(7-5-10)18-9-8-16-2/h4-7H,3,8-9H2,1-2H3. The van der Waals surface area contributed by atoms with Crippen molar-refractivity contribution in [1.82, 2.24) is 0 Å². The summed E-state index contributed by atoms with van der Waals surface area (Å²) in [6.07, 6.45) is 0. The zero-order valence-electron chi connectivity index (χ0n) is 10.5. The molecule has 0 fully saturated rings. The van der Waals surface area contributed by atoms with E-state index in [1.54, 1.807) is 37.9 Å². The summed E-state index contributed by atoms with van der Waals surface area (Å²) in [7, 11) is 1.65. The quantitative estimate of drug-likeness (QED) is 0.249. The van der Waals surface area contributed by atoms with Crippen LogP contribution in [-0.4, -0.2) is 37.8 Å². The Bertz CT molecular complexity index is 400. The van der Waals surface area contributed by atoms with Crippen LogP contribution >= 0.6 is 11.8 Å². The number of rotatable bonds is 7. The molecule has 0 aliphatic heterocycles. The summed E-state index contributed by atoms with van der Waals surface area (Å²) in [5.41, 5.74) is 0.351. The summed E-state index contributed by atoms with van der Waals surface area (Å²) in [4.78, 5) is 23.9. The van der Waals surface area contributed by atoms with Gasteiger partial charge < -0.3 is 9.47 Å². The first-order chi connectivity index (χ1) is 8.69. The fourth-order valence-corrected chi connectivity index (χ4v) is 2.07.